The smallest absolute Gasteiger partial charge is 0.335 e. The first-order valence-corrected chi connectivity index (χ1v) is 22.3. The van der Waals surface area contributed by atoms with Gasteiger partial charge in [-0.25, -0.2) is 4.79 Å². The molecule has 3 heterocycles. The number of aromatic carboxylic acids is 1. The predicted molar refractivity (Wildman–Crippen MR) is 207 cm³/mol. The number of ketones is 1. The minimum absolute atomic E-state index is 0.0610. The zero-order valence-corrected chi connectivity index (χ0v) is 33.2. The van der Waals surface area contributed by atoms with Gasteiger partial charge in [-0.1, -0.05) is 34.4 Å². The summed E-state index contributed by atoms with van der Waals surface area (Å²) < 4.78 is 25.3. The number of aliphatic hydroxyl groups excluding tert-OH is 3. The largest absolute Gasteiger partial charge is 0.507 e. The van der Waals surface area contributed by atoms with Crippen molar-refractivity contribution in [2.75, 3.05) is 31.5 Å². The van der Waals surface area contributed by atoms with Crippen LogP contribution in [-0.2, 0) is 14.2 Å². The Balaban J connectivity index is 1.11. The molecule has 3 aliphatic carbocycles. The van der Waals surface area contributed by atoms with Gasteiger partial charge in [-0.15, -0.1) is 0 Å². The fraction of sp³-hybridized carbons (Fsp3) is 0.707. The lowest BCUT2D eigenvalue weighted by atomic mass is 9.55. The van der Waals surface area contributed by atoms with Crippen LogP contribution in [-0.4, -0.2) is 104 Å². The monoisotopic (exact) mass is 802 g/mol. The topological polar surface area (TPSA) is 192 Å². The summed E-state index contributed by atoms with van der Waals surface area (Å²) in [5, 5.41) is 66.9. The third-order valence-corrected chi connectivity index (χ3v) is 16.6. The van der Waals surface area contributed by atoms with Crippen molar-refractivity contribution in [3.05, 3.63) is 28.8 Å². The third-order valence-electron chi connectivity index (χ3n) is 14.4. The van der Waals surface area contributed by atoms with Crippen LogP contribution in [0.25, 0.3) is 10.8 Å². The summed E-state index contributed by atoms with van der Waals surface area (Å²) in [5.41, 5.74) is -1.18. The van der Waals surface area contributed by atoms with Gasteiger partial charge in [0, 0.05) is 23.3 Å². The number of carbonyl (C=O) groups is 2. The molecule has 10 atom stereocenters. The van der Waals surface area contributed by atoms with E-state index in [0.717, 1.165) is 37.5 Å². The highest BCUT2D eigenvalue weighted by Gasteiger charge is 2.60. The first-order valence-electron chi connectivity index (χ1n) is 19.8. The van der Waals surface area contributed by atoms with Crippen molar-refractivity contribution in [3.63, 3.8) is 0 Å². The SMILES string of the molecule is CC(=O)c1c(C)c(O)c2cc(C(=O)O)cc(O[C@H]3O[C@H](CO)[C@@]4(CC[C@@H]5C[C@@]6(CCC7(CCCC7)C6)C[C@H]6COC[C@H](CSSCO4)[C@@H]56)[C@H](O)[C@H]3O)c2c1O. The Kier molecular flexibility index (Phi) is 10.9. The van der Waals surface area contributed by atoms with Crippen molar-refractivity contribution in [2.45, 2.75) is 115 Å². The van der Waals surface area contributed by atoms with Gasteiger partial charge in [0.15, 0.2) is 5.78 Å². The minimum atomic E-state index is -1.74. The number of carboxylic acids is 1. The van der Waals surface area contributed by atoms with E-state index in [1.54, 1.807) is 10.8 Å². The molecule has 3 saturated heterocycles. The van der Waals surface area contributed by atoms with Gasteiger partial charge in [-0.05, 0) is 118 Å². The number of Topliss-reactive ketones (excluding diaryl/α,β-unsaturated/α-hetero) is 1. The van der Waals surface area contributed by atoms with Crippen molar-refractivity contribution in [2.24, 2.45) is 34.5 Å². The molecule has 6 fully saturated rings. The van der Waals surface area contributed by atoms with Crippen molar-refractivity contribution in [1.82, 2.24) is 0 Å². The van der Waals surface area contributed by atoms with Crippen molar-refractivity contribution >= 4 is 44.1 Å². The van der Waals surface area contributed by atoms with Crippen molar-refractivity contribution in [3.8, 4) is 17.2 Å². The molecule has 6 N–H and O–H groups in total. The van der Waals surface area contributed by atoms with Crippen LogP contribution in [0, 0.1) is 41.4 Å². The molecule has 302 valence electrons. The van der Waals surface area contributed by atoms with E-state index >= 15 is 0 Å². The Hall–Kier alpha value is -2.30. The number of aromatic hydroxyl groups is 2. The summed E-state index contributed by atoms with van der Waals surface area (Å²) in [7, 11) is 3.24. The molecule has 0 unspecified atom stereocenters. The molecule has 2 aromatic rings. The fourth-order valence-electron chi connectivity index (χ4n) is 12.1. The first-order chi connectivity index (χ1) is 26.3. The van der Waals surface area contributed by atoms with E-state index in [1.807, 2.05) is 0 Å². The van der Waals surface area contributed by atoms with Crippen LogP contribution in [0.5, 0.6) is 17.2 Å². The van der Waals surface area contributed by atoms with Crippen LogP contribution < -0.4 is 4.74 Å². The zero-order chi connectivity index (χ0) is 38.9. The normalized spacial score (nSPS) is 37.5. The molecular weight excluding hydrogens is 749 g/mol. The number of aliphatic hydroxyl groups is 3. The summed E-state index contributed by atoms with van der Waals surface area (Å²) >= 11 is 0. The second-order valence-electron chi connectivity index (χ2n) is 17.5. The maximum Gasteiger partial charge on any atom is 0.335 e. The van der Waals surface area contributed by atoms with Gasteiger partial charge in [-0.3, -0.25) is 4.79 Å². The summed E-state index contributed by atoms with van der Waals surface area (Å²) in [6.07, 6.45) is 6.33. The summed E-state index contributed by atoms with van der Waals surface area (Å²) in [5.74, 6) is -0.400. The average Bonchev–Trinajstić information content (AvgIpc) is 3.75. The number of hydrogen-bond donors (Lipinski definition) is 6. The van der Waals surface area contributed by atoms with E-state index in [-0.39, 0.29) is 44.6 Å². The van der Waals surface area contributed by atoms with E-state index in [0.29, 0.717) is 41.9 Å². The Labute approximate surface area is 329 Å². The highest BCUT2D eigenvalue weighted by molar-refractivity contribution is 8.76. The second-order valence-corrected chi connectivity index (χ2v) is 20.0. The van der Waals surface area contributed by atoms with E-state index in [4.69, 9.17) is 18.9 Å². The lowest BCUT2D eigenvalue weighted by Crippen LogP contribution is -2.69. The molecular formula is C41H54O12S2. The standard InChI is InChI=1S/C41H54O12S2/c1-21-30(22(2)43)34(45)32-27(33(21)44)11-24(37(48)49)12-28(32)52-38-35(46)36(47)41(29(15-42)53-38)8-5-23-13-40(10-9-39(19-40)6-3-4-7-39)14-25-16-50-17-26(31(23)25)18-54-55-20-51-41/h11-12,23,25-26,29,31,35-36,38,42,44-47H,3-10,13-20H2,1-2H3,(H,48,49)/t23-,25+,26-,29-,31+,35-,36-,38+,40+,41+/m1/s1. The van der Waals surface area contributed by atoms with Crippen LogP contribution in [0.3, 0.4) is 0 Å². The maximum absolute atomic E-state index is 12.5. The Morgan fingerprint density at radius 3 is 2.40 bits per heavy atom. The van der Waals surface area contributed by atoms with Gasteiger partial charge in [0.25, 0.3) is 0 Å². The first kappa shape index (κ1) is 39.5. The van der Waals surface area contributed by atoms with Gasteiger partial charge in [-0.2, -0.15) is 0 Å². The number of fused-ring (bicyclic) bond motifs is 1. The second kappa shape index (κ2) is 15.1. The van der Waals surface area contributed by atoms with Gasteiger partial charge in [0.05, 0.1) is 29.7 Å². The van der Waals surface area contributed by atoms with Crippen LogP contribution in [0.4, 0.5) is 0 Å². The number of rotatable bonds is 5. The van der Waals surface area contributed by atoms with Crippen molar-refractivity contribution < 1.29 is 59.2 Å². The molecule has 0 amide bonds. The number of carbonyl (C=O) groups excluding carboxylic acids is 1. The average molecular weight is 803 g/mol. The fourth-order valence-corrected chi connectivity index (χ4v) is 14.2. The number of carboxylic acid groups (broad SMARTS) is 1. The molecule has 2 aromatic carbocycles. The highest BCUT2D eigenvalue weighted by Crippen LogP contribution is 2.66. The molecule has 8 rings (SSSR count). The van der Waals surface area contributed by atoms with Gasteiger partial charge < -0.3 is 49.6 Å². The van der Waals surface area contributed by atoms with Gasteiger partial charge in [0.2, 0.25) is 6.29 Å². The zero-order valence-electron chi connectivity index (χ0n) is 31.5. The molecule has 3 saturated carbocycles. The summed E-state index contributed by atoms with van der Waals surface area (Å²) in [4.78, 5) is 24.7. The molecule has 0 aromatic heterocycles. The molecule has 0 bridgehead atoms. The Morgan fingerprint density at radius 1 is 0.945 bits per heavy atom. The van der Waals surface area contributed by atoms with Crippen LogP contribution in [0.1, 0.15) is 104 Å². The Morgan fingerprint density at radius 2 is 1.67 bits per heavy atom. The van der Waals surface area contributed by atoms with Crippen molar-refractivity contribution in [1.29, 1.82) is 0 Å². The predicted octanol–water partition coefficient (Wildman–Crippen LogP) is 6.19. The Bertz CT molecular complexity index is 1810. The molecule has 55 heavy (non-hydrogen) atoms. The van der Waals surface area contributed by atoms with Crippen LogP contribution in [0.2, 0.25) is 0 Å². The summed E-state index contributed by atoms with van der Waals surface area (Å²) in [6.45, 7) is 3.59. The number of hydrogen-bond acceptors (Lipinski definition) is 13. The quantitative estimate of drug-likeness (QED) is 0.114. The van der Waals surface area contributed by atoms with Crippen LogP contribution in [0.15, 0.2) is 12.1 Å². The summed E-state index contributed by atoms with van der Waals surface area (Å²) in [6, 6.07) is 2.25. The number of phenols is 2. The lowest BCUT2D eigenvalue weighted by molar-refractivity contribution is -0.323. The maximum atomic E-state index is 12.5. The van der Waals surface area contributed by atoms with E-state index in [9.17, 15) is 40.2 Å². The van der Waals surface area contributed by atoms with E-state index in [1.165, 1.54) is 76.0 Å². The lowest BCUT2D eigenvalue weighted by Gasteiger charge is -2.54. The van der Waals surface area contributed by atoms with E-state index in [2.05, 4.69) is 0 Å². The van der Waals surface area contributed by atoms with Gasteiger partial charge >= 0.3 is 5.97 Å². The van der Waals surface area contributed by atoms with Gasteiger partial charge in [0.1, 0.15) is 47.1 Å². The molecule has 12 nitrogen and oxygen atoms in total. The molecule has 6 aliphatic rings. The van der Waals surface area contributed by atoms with E-state index < -0.39 is 60.1 Å². The van der Waals surface area contributed by atoms with Crippen LogP contribution >= 0.6 is 21.6 Å². The third kappa shape index (κ3) is 6.83. The molecule has 14 heteroatoms. The molecule has 3 aliphatic heterocycles. The molecule has 0 radical (unpaired) electrons. The molecule has 3 spiro atoms. The number of phenolic OH excluding ortho intramolecular Hbond substituents is 2. The number of ether oxygens (including phenoxy) is 4. The number of benzene rings is 2. The minimum Gasteiger partial charge on any atom is -0.507 e. The highest BCUT2D eigenvalue weighted by atomic mass is 33.1.